The van der Waals surface area contributed by atoms with Crippen LogP contribution in [0.1, 0.15) is 11.1 Å². The first-order valence-corrected chi connectivity index (χ1v) is 10.3. The Hall–Kier alpha value is -4.18. The molecule has 2 aromatic heterocycles. The van der Waals surface area contributed by atoms with E-state index in [1.807, 2.05) is 49.4 Å². The van der Waals surface area contributed by atoms with E-state index in [-0.39, 0.29) is 30.3 Å². The van der Waals surface area contributed by atoms with Crippen molar-refractivity contribution in [2.75, 3.05) is 12.0 Å². The molecule has 0 saturated heterocycles. The van der Waals surface area contributed by atoms with E-state index in [1.165, 1.54) is 16.2 Å². The lowest BCUT2D eigenvalue weighted by Crippen LogP contribution is -2.30. The maximum Gasteiger partial charge on any atom is 0.329 e. The molecule has 0 amide bonds. The number of hydrazone groups is 1. The number of para-hydroxylation sites is 1. The molecule has 0 saturated carbocycles. The van der Waals surface area contributed by atoms with Crippen molar-refractivity contribution in [3.63, 3.8) is 0 Å². The number of imidazole rings is 1. The van der Waals surface area contributed by atoms with E-state index < -0.39 is 17.4 Å². The molecule has 0 spiro atoms. The fourth-order valence-corrected chi connectivity index (χ4v) is 3.29. The summed E-state index contributed by atoms with van der Waals surface area (Å²) in [4.78, 5) is 31.2. The fraction of sp³-hybridized carbons (Fsp3) is 0.217. The number of aliphatic hydroxyl groups is 1. The molecule has 0 bridgehead atoms. The van der Waals surface area contributed by atoms with Gasteiger partial charge in [-0.25, -0.2) is 10.2 Å². The molecule has 0 aliphatic carbocycles. The summed E-state index contributed by atoms with van der Waals surface area (Å²) in [6.07, 6.45) is 0.655. The van der Waals surface area contributed by atoms with E-state index in [1.54, 1.807) is 18.3 Å². The number of nitrogens with zero attached hydrogens (tertiary/aromatic N) is 4. The van der Waals surface area contributed by atoms with E-state index in [0.29, 0.717) is 5.75 Å². The molecular formula is C23H24N6O4. The second-order valence-corrected chi connectivity index (χ2v) is 7.60. The van der Waals surface area contributed by atoms with Crippen molar-refractivity contribution >= 4 is 23.3 Å². The summed E-state index contributed by atoms with van der Waals surface area (Å²) in [6, 6.07) is 16.9. The van der Waals surface area contributed by atoms with E-state index in [4.69, 9.17) is 4.74 Å². The van der Waals surface area contributed by atoms with Gasteiger partial charge >= 0.3 is 5.69 Å². The van der Waals surface area contributed by atoms with Crippen LogP contribution in [0.4, 0.5) is 5.95 Å². The predicted molar refractivity (Wildman–Crippen MR) is 126 cm³/mol. The smallest absolute Gasteiger partial charge is 0.329 e. The first-order valence-electron chi connectivity index (χ1n) is 10.3. The van der Waals surface area contributed by atoms with E-state index >= 15 is 0 Å². The third kappa shape index (κ3) is 5.01. The van der Waals surface area contributed by atoms with Crippen LogP contribution >= 0.6 is 0 Å². The highest BCUT2D eigenvalue weighted by molar-refractivity contribution is 5.80. The number of aromatic amines is 1. The summed E-state index contributed by atoms with van der Waals surface area (Å²) in [5.41, 5.74) is 3.95. The maximum atomic E-state index is 12.6. The molecule has 2 heterocycles. The highest BCUT2D eigenvalue weighted by Gasteiger charge is 2.19. The molecular weight excluding hydrogens is 424 g/mol. The van der Waals surface area contributed by atoms with Crippen molar-refractivity contribution in [1.82, 2.24) is 19.1 Å². The predicted octanol–water partition coefficient (Wildman–Crippen LogP) is 1.62. The number of rotatable bonds is 8. The zero-order valence-corrected chi connectivity index (χ0v) is 18.2. The molecule has 3 N–H and O–H groups in total. The number of aryl methyl sites for hydroxylation is 2. The second kappa shape index (κ2) is 9.53. The van der Waals surface area contributed by atoms with Gasteiger partial charge in [0.15, 0.2) is 11.2 Å². The van der Waals surface area contributed by atoms with Gasteiger partial charge in [-0.1, -0.05) is 48.0 Å². The molecule has 10 nitrogen and oxygen atoms in total. The molecule has 2 aromatic carbocycles. The molecule has 4 rings (SSSR count). The van der Waals surface area contributed by atoms with Crippen LogP contribution in [0, 0.1) is 6.92 Å². The molecule has 0 aliphatic heterocycles. The summed E-state index contributed by atoms with van der Waals surface area (Å²) in [6.45, 7) is 1.99. The minimum atomic E-state index is -0.958. The maximum absolute atomic E-state index is 12.6. The van der Waals surface area contributed by atoms with Crippen LogP contribution in [0.2, 0.25) is 0 Å². The second-order valence-electron chi connectivity index (χ2n) is 7.60. The number of aliphatic hydroxyl groups excluding tert-OH is 1. The Morgan fingerprint density at radius 2 is 1.91 bits per heavy atom. The zero-order valence-electron chi connectivity index (χ0n) is 18.2. The van der Waals surface area contributed by atoms with Crippen LogP contribution < -0.4 is 21.4 Å². The van der Waals surface area contributed by atoms with Crippen LogP contribution in [0.3, 0.4) is 0 Å². The van der Waals surface area contributed by atoms with Crippen molar-refractivity contribution in [3.05, 3.63) is 86.6 Å². The number of nitrogens with one attached hydrogen (secondary N) is 2. The summed E-state index contributed by atoms with van der Waals surface area (Å²) < 4.78 is 8.33. The Balaban J connectivity index is 1.62. The van der Waals surface area contributed by atoms with Crippen LogP contribution in [0.5, 0.6) is 5.75 Å². The number of benzene rings is 2. The molecule has 170 valence electrons. The van der Waals surface area contributed by atoms with Gasteiger partial charge in [-0.3, -0.25) is 14.3 Å². The van der Waals surface area contributed by atoms with Gasteiger partial charge in [0, 0.05) is 7.05 Å². The third-order valence-electron chi connectivity index (χ3n) is 5.04. The SMILES string of the molecule is Cc1ccc(C=NNc2nc3c(c(=O)[nH]c(=O)n3C)n2CC(O)COc2ccccc2)cc1. The minimum absolute atomic E-state index is 0.000566. The summed E-state index contributed by atoms with van der Waals surface area (Å²) in [7, 11) is 1.51. The number of hydrogen-bond acceptors (Lipinski definition) is 7. The highest BCUT2D eigenvalue weighted by Crippen LogP contribution is 2.17. The fourth-order valence-electron chi connectivity index (χ4n) is 3.29. The monoisotopic (exact) mass is 448 g/mol. The van der Waals surface area contributed by atoms with E-state index in [0.717, 1.165) is 11.1 Å². The molecule has 0 radical (unpaired) electrons. The Morgan fingerprint density at radius 1 is 1.18 bits per heavy atom. The Bertz CT molecular complexity index is 1390. The van der Waals surface area contributed by atoms with Crippen LogP contribution in [-0.2, 0) is 13.6 Å². The van der Waals surface area contributed by atoms with Crippen molar-refractivity contribution in [1.29, 1.82) is 0 Å². The van der Waals surface area contributed by atoms with Gasteiger partial charge in [-0.2, -0.15) is 10.1 Å². The number of H-pyrrole nitrogens is 1. The topological polar surface area (TPSA) is 127 Å². The van der Waals surface area contributed by atoms with Crippen molar-refractivity contribution in [3.8, 4) is 5.75 Å². The standard InChI is InChI=1S/C23H24N6O4/c1-15-8-10-16(11-9-15)12-24-27-22-25-20-19(21(31)26-23(32)28(20)2)29(22)13-17(30)14-33-18-6-4-3-5-7-18/h3-12,17,30H,13-14H2,1-2H3,(H,25,27)(H,26,31,32). The summed E-state index contributed by atoms with van der Waals surface area (Å²) in [5.74, 6) is 0.826. The van der Waals surface area contributed by atoms with Gasteiger partial charge in [-0.15, -0.1) is 0 Å². The number of hydrogen-bond donors (Lipinski definition) is 3. The number of fused-ring (bicyclic) bond motifs is 1. The Kier molecular flexibility index (Phi) is 6.36. The largest absolute Gasteiger partial charge is 0.491 e. The van der Waals surface area contributed by atoms with Crippen molar-refractivity contribution in [2.45, 2.75) is 19.6 Å². The molecule has 1 atom stereocenters. The van der Waals surface area contributed by atoms with E-state index in [2.05, 4.69) is 20.5 Å². The normalized spacial score (nSPS) is 12.3. The molecule has 33 heavy (non-hydrogen) atoms. The minimum Gasteiger partial charge on any atom is -0.491 e. The van der Waals surface area contributed by atoms with Crippen LogP contribution in [0.15, 0.2) is 69.3 Å². The average molecular weight is 448 g/mol. The lowest BCUT2D eigenvalue weighted by atomic mass is 10.2. The van der Waals surface area contributed by atoms with E-state index in [9.17, 15) is 14.7 Å². The Labute approximate surface area is 188 Å². The number of anilines is 1. The van der Waals surface area contributed by atoms with Gasteiger partial charge < -0.3 is 14.4 Å². The zero-order chi connectivity index (χ0) is 23.4. The van der Waals surface area contributed by atoms with Gasteiger partial charge in [0.2, 0.25) is 5.95 Å². The van der Waals surface area contributed by atoms with Crippen molar-refractivity contribution < 1.29 is 9.84 Å². The molecule has 4 aromatic rings. The van der Waals surface area contributed by atoms with Gasteiger partial charge in [0.05, 0.1) is 12.8 Å². The first-order chi connectivity index (χ1) is 15.9. The van der Waals surface area contributed by atoms with Crippen molar-refractivity contribution in [2.24, 2.45) is 12.1 Å². The molecule has 0 fully saturated rings. The lowest BCUT2D eigenvalue weighted by molar-refractivity contribution is 0.0938. The number of aromatic nitrogens is 4. The van der Waals surface area contributed by atoms with Crippen LogP contribution in [-0.4, -0.2) is 43.1 Å². The molecule has 1 unspecified atom stereocenters. The Morgan fingerprint density at radius 3 is 2.64 bits per heavy atom. The summed E-state index contributed by atoms with van der Waals surface area (Å²) in [5, 5.41) is 14.8. The van der Waals surface area contributed by atoms with Gasteiger partial charge in [0.25, 0.3) is 5.56 Å². The lowest BCUT2D eigenvalue weighted by Gasteiger charge is -2.15. The summed E-state index contributed by atoms with van der Waals surface area (Å²) >= 11 is 0. The third-order valence-corrected chi connectivity index (χ3v) is 5.04. The van der Waals surface area contributed by atoms with Gasteiger partial charge in [-0.05, 0) is 24.6 Å². The first kappa shape index (κ1) is 22.0. The van der Waals surface area contributed by atoms with Crippen LogP contribution in [0.25, 0.3) is 11.2 Å². The highest BCUT2D eigenvalue weighted by atomic mass is 16.5. The van der Waals surface area contributed by atoms with Gasteiger partial charge in [0.1, 0.15) is 18.5 Å². The average Bonchev–Trinajstić information content (AvgIpc) is 3.17. The number of ether oxygens (including phenoxy) is 1. The quantitative estimate of drug-likeness (QED) is 0.278. The molecule has 0 aliphatic rings. The molecule has 10 heteroatoms.